The van der Waals surface area contributed by atoms with E-state index in [9.17, 15) is 15.2 Å². The lowest BCUT2D eigenvalue weighted by Gasteiger charge is -2.15. The van der Waals surface area contributed by atoms with Crippen LogP contribution in [0.25, 0.3) is 0 Å². The van der Waals surface area contributed by atoms with Crippen molar-refractivity contribution < 1.29 is 19.5 Å². The highest BCUT2D eigenvalue weighted by Crippen LogP contribution is 2.40. The summed E-state index contributed by atoms with van der Waals surface area (Å²) in [4.78, 5) is 10.7. The van der Waals surface area contributed by atoms with E-state index in [0.29, 0.717) is 18.6 Å². The molecule has 1 unspecified atom stereocenters. The molecule has 0 spiro atoms. The fourth-order valence-corrected chi connectivity index (χ4v) is 1.88. The van der Waals surface area contributed by atoms with Crippen LogP contribution in [0.15, 0.2) is 12.1 Å². The summed E-state index contributed by atoms with van der Waals surface area (Å²) in [6.07, 6.45) is 1.31. The molecule has 0 saturated carbocycles. The normalized spacial score (nSPS) is 12.0. The Bertz CT molecular complexity index is 461. The Morgan fingerprint density at radius 1 is 1.35 bits per heavy atom. The summed E-state index contributed by atoms with van der Waals surface area (Å²) >= 11 is 0. The third-order valence-corrected chi connectivity index (χ3v) is 2.87. The number of aliphatic hydroxyl groups is 1. The molecule has 0 aromatic heterocycles. The monoisotopic (exact) mass is 283 g/mol. The van der Waals surface area contributed by atoms with Crippen molar-refractivity contribution in [1.82, 2.24) is 0 Å². The van der Waals surface area contributed by atoms with Crippen molar-refractivity contribution in [3.05, 3.63) is 27.8 Å². The SMILES string of the molecule is CCCOc1c(OC)cc(C(O)CCC)cc1[N+](=O)[O-]. The van der Waals surface area contributed by atoms with Crippen molar-refractivity contribution in [3.8, 4) is 11.5 Å². The number of rotatable bonds is 8. The highest BCUT2D eigenvalue weighted by molar-refractivity contribution is 5.58. The van der Waals surface area contributed by atoms with E-state index in [2.05, 4.69) is 0 Å². The predicted molar refractivity (Wildman–Crippen MR) is 75.3 cm³/mol. The van der Waals surface area contributed by atoms with Gasteiger partial charge in [-0.05, 0) is 24.5 Å². The molecule has 0 saturated heterocycles. The van der Waals surface area contributed by atoms with Gasteiger partial charge in [0.25, 0.3) is 0 Å². The first-order valence-corrected chi connectivity index (χ1v) is 6.72. The Kier molecular flexibility index (Phi) is 6.24. The smallest absolute Gasteiger partial charge is 0.315 e. The zero-order chi connectivity index (χ0) is 15.1. The molecule has 0 aliphatic heterocycles. The minimum Gasteiger partial charge on any atom is -0.493 e. The Morgan fingerprint density at radius 3 is 2.55 bits per heavy atom. The van der Waals surface area contributed by atoms with Crippen molar-refractivity contribution in [2.45, 2.75) is 39.2 Å². The number of nitro groups is 1. The molecule has 0 aliphatic rings. The number of ether oxygens (including phenoxy) is 2. The van der Waals surface area contributed by atoms with Gasteiger partial charge in [-0.1, -0.05) is 20.3 Å². The molecule has 0 fully saturated rings. The van der Waals surface area contributed by atoms with Gasteiger partial charge in [0, 0.05) is 6.07 Å². The van der Waals surface area contributed by atoms with Crippen molar-refractivity contribution in [2.75, 3.05) is 13.7 Å². The number of methoxy groups -OCH3 is 1. The fourth-order valence-electron chi connectivity index (χ4n) is 1.88. The maximum absolute atomic E-state index is 11.2. The van der Waals surface area contributed by atoms with Crippen LogP contribution in [0.4, 0.5) is 5.69 Å². The minimum absolute atomic E-state index is 0.117. The zero-order valence-corrected chi connectivity index (χ0v) is 12.1. The molecule has 0 heterocycles. The average molecular weight is 283 g/mol. The second-order valence-corrected chi connectivity index (χ2v) is 4.48. The molecule has 0 bridgehead atoms. The Balaban J connectivity index is 3.26. The van der Waals surface area contributed by atoms with Gasteiger partial charge < -0.3 is 14.6 Å². The van der Waals surface area contributed by atoms with Crippen LogP contribution in [-0.2, 0) is 0 Å². The lowest BCUT2D eigenvalue weighted by molar-refractivity contribution is -0.386. The molecule has 1 aromatic carbocycles. The first-order valence-electron chi connectivity index (χ1n) is 6.72. The van der Waals surface area contributed by atoms with Crippen LogP contribution in [0.1, 0.15) is 44.8 Å². The van der Waals surface area contributed by atoms with Gasteiger partial charge in [0.05, 0.1) is 24.7 Å². The lowest BCUT2D eigenvalue weighted by Crippen LogP contribution is -2.05. The summed E-state index contributed by atoms with van der Waals surface area (Å²) in [6.45, 7) is 4.22. The second kappa shape index (κ2) is 7.69. The third kappa shape index (κ3) is 3.84. The number of aliphatic hydroxyl groups excluding tert-OH is 1. The quantitative estimate of drug-likeness (QED) is 0.585. The molecule has 1 aromatic rings. The van der Waals surface area contributed by atoms with Crippen molar-refractivity contribution in [1.29, 1.82) is 0 Å². The average Bonchev–Trinajstić information content (AvgIpc) is 2.44. The molecule has 112 valence electrons. The molecule has 1 N–H and O–H groups in total. The first kappa shape index (κ1) is 16.2. The maximum Gasteiger partial charge on any atom is 0.315 e. The van der Waals surface area contributed by atoms with E-state index in [1.165, 1.54) is 13.2 Å². The molecule has 0 amide bonds. The fraction of sp³-hybridized carbons (Fsp3) is 0.571. The van der Waals surface area contributed by atoms with E-state index in [1.807, 2.05) is 13.8 Å². The molecule has 6 nitrogen and oxygen atoms in total. The van der Waals surface area contributed by atoms with Gasteiger partial charge in [-0.15, -0.1) is 0 Å². The topological polar surface area (TPSA) is 81.8 Å². The van der Waals surface area contributed by atoms with Crippen LogP contribution in [0.2, 0.25) is 0 Å². The summed E-state index contributed by atoms with van der Waals surface area (Å²) in [5.74, 6) is 0.393. The number of hydrogen-bond donors (Lipinski definition) is 1. The van der Waals surface area contributed by atoms with Gasteiger partial charge in [-0.3, -0.25) is 10.1 Å². The van der Waals surface area contributed by atoms with Crippen molar-refractivity contribution in [3.63, 3.8) is 0 Å². The van der Waals surface area contributed by atoms with Crippen molar-refractivity contribution in [2.24, 2.45) is 0 Å². The molecule has 6 heteroatoms. The summed E-state index contributed by atoms with van der Waals surface area (Å²) in [5, 5.41) is 21.2. The molecular weight excluding hydrogens is 262 g/mol. The van der Waals surface area contributed by atoms with Gasteiger partial charge in [0.15, 0.2) is 5.75 Å². The molecular formula is C14H21NO5. The van der Waals surface area contributed by atoms with Gasteiger partial charge in [-0.2, -0.15) is 0 Å². The Hall–Kier alpha value is -1.82. The predicted octanol–water partition coefficient (Wildman–Crippen LogP) is 3.23. The summed E-state index contributed by atoms with van der Waals surface area (Å²) in [7, 11) is 1.42. The summed E-state index contributed by atoms with van der Waals surface area (Å²) in [5.41, 5.74) is 0.294. The standard InChI is InChI=1S/C14H21NO5/c1-4-6-12(16)10-8-11(15(17)18)14(20-7-5-2)13(9-10)19-3/h8-9,12,16H,4-7H2,1-3H3. The summed E-state index contributed by atoms with van der Waals surface area (Å²) in [6, 6.07) is 2.95. The largest absolute Gasteiger partial charge is 0.493 e. The van der Waals surface area contributed by atoms with Crippen LogP contribution in [-0.4, -0.2) is 23.7 Å². The van der Waals surface area contributed by atoms with Crippen molar-refractivity contribution >= 4 is 5.69 Å². The lowest BCUT2D eigenvalue weighted by atomic mass is 10.0. The van der Waals surface area contributed by atoms with E-state index in [0.717, 1.165) is 12.8 Å². The van der Waals surface area contributed by atoms with Gasteiger partial charge >= 0.3 is 5.69 Å². The molecule has 1 rings (SSSR count). The van der Waals surface area contributed by atoms with Crippen LogP contribution in [0.3, 0.4) is 0 Å². The van der Waals surface area contributed by atoms with E-state index in [4.69, 9.17) is 9.47 Å². The van der Waals surface area contributed by atoms with Crippen LogP contribution >= 0.6 is 0 Å². The van der Waals surface area contributed by atoms with Gasteiger partial charge in [-0.25, -0.2) is 0 Å². The highest BCUT2D eigenvalue weighted by atomic mass is 16.6. The highest BCUT2D eigenvalue weighted by Gasteiger charge is 2.24. The minimum atomic E-state index is -0.743. The third-order valence-electron chi connectivity index (χ3n) is 2.87. The molecule has 0 aliphatic carbocycles. The zero-order valence-electron chi connectivity index (χ0n) is 12.1. The Morgan fingerprint density at radius 2 is 2.05 bits per heavy atom. The van der Waals surface area contributed by atoms with E-state index < -0.39 is 11.0 Å². The number of nitrogens with zero attached hydrogens (tertiary/aromatic N) is 1. The van der Waals surface area contributed by atoms with E-state index in [1.54, 1.807) is 6.07 Å². The second-order valence-electron chi connectivity index (χ2n) is 4.48. The molecule has 1 atom stereocenters. The first-order chi connectivity index (χ1) is 9.54. The van der Waals surface area contributed by atoms with Crippen LogP contribution in [0.5, 0.6) is 11.5 Å². The van der Waals surface area contributed by atoms with Crippen LogP contribution < -0.4 is 9.47 Å². The molecule has 0 radical (unpaired) electrons. The van der Waals surface area contributed by atoms with Gasteiger partial charge in [0.2, 0.25) is 5.75 Å². The van der Waals surface area contributed by atoms with E-state index in [-0.39, 0.29) is 17.2 Å². The Labute approximate surface area is 118 Å². The number of benzene rings is 1. The number of hydrogen-bond acceptors (Lipinski definition) is 5. The summed E-state index contributed by atoms with van der Waals surface area (Å²) < 4.78 is 10.6. The van der Waals surface area contributed by atoms with Crippen LogP contribution in [0, 0.1) is 10.1 Å². The van der Waals surface area contributed by atoms with E-state index >= 15 is 0 Å². The van der Waals surface area contributed by atoms with Gasteiger partial charge in [0.1, 0.15) is 0 Å². The molecule has 20 heavy (non-hydrogen) atoms. The number of nitro benzene ring substituents is 1. The maximum atomic E-state index is 11.2.